The number of rotatable bonds is 7. The number of aromatic carboxylic acids is 1. The summed E-state index contributed by atoms with van der Waals surface area (Å²) < 4.78 is 16.1. The van der Waals surface area contributed by atoms with Crippen LogP contribution >= 0.6 is 0 Å². The quantitative estimate of drug-likeness (QED) is 0.406. The summed E-state index contributed by atoms with van der Waals surface area (Å²) in [5, 5.41) is 15.9. The van der Waals surface area contributed by atoms with E-state index in [1.807, 2.05) is 0 Å². The van der Waals surface area contributed by atoms with Crippen LogP contribution < -0.4 is 20.2 Å². The number of benzene rings is 2. The van der Waals surface area contributed by atoms with Gasteiger partial charge in [-0.25, -0.2) is 10.2 Å². The molecule has 0 bridgehead atoms. The predicted molar refractivity (Wildman–Crippen MR) is 108 cm³/mol. The van der Waals surface area contributed by atoms with Crippen molar-refractivity contribution in [2.24, 2.45) is 5.10 Å². The number of carbonyl (C=O) groups is 2. The van der Waals surface area contributed by atoms with Crippen molar-refractivity contribution in [2.45, 2.75) is 0 Å². The standard InChI is InChI=1S/C21H17N3O6/c25-20(11-22-15-4-6-18-19(9-15)29-12-28-18)24-23-10-16-5-7-17(30-16)13-2-1-3-14(8-13)21(26)27/h1-10,22H,11-12H2,(H,24,25)(H,26,27)/b23-10-. The van der Waals surface area contributed by atoms with E-state index in [9.17, 15) is 9.59 Å². The highest BCUT2D eigenvalue weighted by atomic mass is 16.7. The zero-order chi connectivity index (χ0) is 20.9. The van der Waals surface area contributed by atoms with E-state index in [0.29, 0.717) is 28.6 Å². The van der Waals surface area contributed by atoms with Crippen molar-refractivity contribution in [3.05, 3.63) is 65.9 Å². The van der Waals surface area contributed by atoms with Gasteiger partial charge in [0.15, 0.2) is 11.5 Å². The average molecular weight is 407 g/mol. The van der Waals surface area contributed by atoms with Crippen molar-refractivity contribution < 1.29 is 28.6 Å². The number of carbonyl (C=O) groups excluding carboxylic acids is 1. The Balaban J connectivity index is 1.30. The molecule has 0 spiro atoms. The lowest BCUT2D eigenvalue weighted by molar-refractivity contribution is -0.119. The van der Waals surface area contributed by atoms with E-state index in [1.54, 1.807) is 42.5 Å². The highest BCUT2D eigenvalue weighted by Gasteiger charge is 2.13. The summed E-state index contributed by atoms with van der Waals surface area (Å²) in [5.74, 6) is 0.847. The maximum atomic E-state index is 11.9. The topological polar surface area (TPSA) is 122 Å². The minimum atomic E-state index is -1.01. The van der Waals surface area contributed by atoms with Crippen molar-refractivity contribution in [3.63, 3.8) is 0 Å². The number of amides is 1. The molecular formula is C21H17N3O6. The molecule has 0 atom stereocenters. The van der Waals surface area contributed by atoms with Crippen LogP contribution in [0.5, 0.6) is 11.5 Å². The van der Waals surface area contributed by atoms with Crippen LogP contribution in [-0.4, -0.2) is 36.5 Å². The number of carboxylic acids is 1. The summed E-state index contributed by atoms with van der Waals surface area (Å²) in [6, 6.07) is 15.1. The second-order valence-electron chi connectivity index (χ2n) is 6.30. The monoisotopic (exact) mass is 407 g/mol. The lowest BCUT2D eigenvalue weighted by Crippen LogP contribution is -2.25. The molecule has 1 aliphatic rings. The minimum Gasteiger partial charge on any atom is -0.478 e. The fourth-order valence-corrected chi connectivity index (χ4v) is 2.78. The molecule has 0 unspecified atom stereocenters. The normalized spacial score (nSPS) is 12.1. The molecule has 0 radical (unpaired) electrons. The summed E-state index contributed by atoms with van der Waals surface area (Å²) in [6.07, 6.45) is 1.36. The fourth-order valence-electron chi connectivity index (χ4n) is 2.78. The van der Waals surface area contributed by atoms with Crippen molar-refractivity contribution in [3.8, 4) is 22.8 Å². The Labute approximate surface area is 170 Å². The molecule has 3 aromatic rings. The largest absolute Gasteiger partial charge is 0.478 e. The van der Waals surface area contributed by atoms with Gasteiger partial charge >= 0.3 is 5.97 Å². The maximum absolute atomic E-state index is 11.9. The van der Waals surface area contributed by atoms with Crippen LogP contribution in [0.2, 0.25) is 0 Å². The van der Waals surface area contributed by atoms with Crippen LogP contribution in [0, 0.1) is 0 Å². The van der Waals surface area contributed by atoms with Gasteiger partial charge in [0.25, 0.3) is 5.91 Å². The molecule has 1 amide bonds. The van der Waals surface area contributed by atoms with Crippen LogP contribution in [-0.2, 0) is 4.79 Å². The van der Waals surface area contributed by atoms with E-state index in [1.165, 1.54) is 18.3 Å². The van der Waals surface area contributed by atoms with Gasteiger partial charge in [-0.1, -0.05) is 12.1 Å². The smallest absolute Gasteiger partial charge is 0.335 e. The summed E-state index contributed by atoms with van der Waals surface area (Å²) in [5.41, 5.74) is 3.92. The van der Waals surface area contributed by atoms with Crippen LogP contribution in [0.1, 0.15) is 16.1 Å². The third-order valence-electron chi connectivity index (χ3n) is 4.23. The number of ether oxygens (including phenoxy) is 2. The third-order valence-corrected chi connectivity index (χ3v) is 4.23. The molecule has 0 aliphatic carbocycles. The number of hydrazone groups is 1. The zero-order valence-corrected chi connectivity index (χ0v) is 15.6. The van der Waals surface area contributed by atoms with Gasteiger partial charge in [0.2, 0.25) is 6.79 Å². The Morgan fingerprint density at radius 3 is 2.80 bits per heavy atom. The second kappa shape index (κ2) is 8.39. The van der Waals surface area contributed by atoms with E-state index in [2.05, 4.69) is 15.8 Å². The van der Waals surface area contributed by atoms with Gasteiger partial charge in [-0.2, -0.15) is 5.10 Å². The van der Waals surface area contributed by atoms with Crippen LogP contribution in [0.3, 0.4) is 0 Å². The first-order chi connectivity index (χ1) is 14.6. The zero-order valence-electron chi connectivity index (χ0n) is 15.6. The summed E-state index contributed by atoms with van der Waals surface area (Å²) in [4.78, 5) is 23.0. The number of anilines is 1. The predicted octanol–water partition coefficient (Wildman–Crippen LogP) is 2.94. The summed E-state index contributed by atoms with van der Waals surface area (Å²) in [6.45, 7) is 0.204. The molecule has 2 aromatic carbocycles. The van der Waals surface area contributed by atoms with Crippen molar-refractivity contribution in [1.29, 1.82) is 0 Å². The molecule has 9 heteroatoms. The molecule has 0 saturated heterocycles. The van der Waals surface area contributed by atoms with E-state index < -0.39 is 5.97 Å². The van der Waals surface area contributed by atoms with Gasteiger partial charge in [-0.3, -0.25) is 4.79 Å². The maximum Gasteiger partial charge on any atom is 0.335 e. The number of hydrogen-bond donors (Lipinski definition) is 3. The number of fused-ring (bicyclic) bond motifs is 1. The van der Waals surface area contributed by atoms with Gasteiger partial charge < -0.3 is 24.3 Å². The van der Waals surface area contributed by atoms with Gasteiger partial charge in [0.05, 0.1) is 18.3 Å². The van der Waals surface area contributed by atoms with Gasteiger partial charge in [-0.05, 0) is 36.4 Å². The fraction of sp³-hybridized carbons (Fsp3) is 0.0952. The first-order valence-corrected chi connectivity index (χ1v) is 8.97. The second-order valence-corrected chi connectivity index (χ2v) is 6.30. The molecule has 30 heavy (non-hydrogen) atoms. The summed E-state index contributed by atoms with van der Waals surface area (Å²) in [7, 11) is 0. The van der Waals surface area contributed by atoms with E-state index in [0.717, 1.165) is 5.69 Å². The molecule has 1 aliphatic heterocycles. The molecular weight excluding hydrogens is 390 g/mol. The van der Waals surface area contributed by atoms with E-state index >= 15 is 0 Å². The van der Waals surface area contributed by atoms with Crippen LogP contribution in [0.15, 0.2) is 64.1 Å². The molecule has 9 nitrogen and oxygen atoms in total. The Kier molecular flexibility index (Phi) is 5.33. The number of hydrogen-bond acceptors (Lipinski definition) is 7. The minimum absolute atomic E-state index is 0.0162. The van der Waals surface area contributed by atoms with Crippen LogP contribution in [0.4, 0.5) is 5.69 Å². The van der Waals surface area contributed by atoms with E-state index in [-0.39, 0.29) is 24.8 Å². The Hall–Kier alpha value is -4.27. The number of nitrogens with one attached hydrogen (secondary N) is 2. The highest BCUT2D eigenvalue weighted by Crippen LogP contribution is 2.34. The molecule has 4 rings (SSSR count). The molecule has 0 fully saturated rings. The van der Waals surface area contributed by atoms with E-state index in [4.69, 9.17) is 19.0 Å². The average Bonchev–Trinajstić information content (AvgIpc) is 3.41. The number of nitrogens with zero attached hydrogens (tertiary/aromatic N) is 1. The molecule has 152 valence electrons. The molecule has 1 aromatic heterocycles. The lowest BCUT2D eigenvalue weighted by Gasteiger charge is -2.06. The Morgan fingerprint density at radius 2 is 1.93 bits per heavy atom. The van der Waals surface area contributed by atoms with Crippen molar-refractivity contribution in [1.82, 2.24) is 5.43 Å². The number of furan rings is 1. The van der Waals surface area contributed by atoms with Crippen LogP contribution in [0.25, 0.3) is 11.3 Å². The third kappa shape index (κ3) is 4.41. The van der Waals surface area contributed by atoms with Gasteiger partial charge in [-0.15, -0.1) is 0 Å². The first-order valence-electron chi connectivity index (χ1n) is 8.97. The van der Waals surface area contributed by atoms with Gasteiger partial charge in [0, 0.05) is 17.3 Å². The Bertz CT molecular complexity index is 1120. The molecule has 3 N–H and O–H groups in total. The van der Waals surface area contributed by atoms with Gasteiger partial charge in [0.1, 0.15) is 11.5 Å². The molecule has 2 heterocycles. The van der Waals surface area contributed by atoms with Crippen molar-refractivity contribution in [2.75, 3.05) is 18.7 Å². The lowest BCUT2D eigenvalue weighted by atomic mass is 10.1. The van der Waals surface area contributed by atoms with Crippen molar-refractivity contribution >= 4 is 23.8 Å². The summed E-state index contributed by atoms with van der Waals surface area (Å²) >= 11 is 0. The molecule has 0 saturated carbocycles. The first kappa shape index (κ1) is 19.1. The highest BCUT2D eigenvalue weighted by molar-refractivity contribution is 5.89. The number of carboxylic acid groups (broad SMARTS) is 1. The SMILES string of the molecule is O=C(CNc1ccc2c(c1)OCO2)N/N=C\c1ccc(-c2cccc(C(=O)O)c2)o1. The Morgan fingerprint density at radius 1 is 1.07 bits per heavy atom.